The van der Waals surface area contributed by atoms with E-state index in [1.54, 1.807) is 0 Å². The number of hydrogen-bond donors (Lipinski definition) is 1. The van der Waals surface area contributed by atoms with E-state index >= 15 is 0 Å². The van der Waals surface area contributed by atoms with Crippen molar-refractivity contribution in [1.29, 1.82) is 0 Å². The Bertz CT molecular complexity index is 354. The molecule has 1 saturated heterocycles. The Morgan fingerprint density at radius 2 is 2.14 bits per heavy atom. The van der Waals surface area contributed by atoms with E-state index in [0.29, 0.717) is 12.8 Å². The topological polar surface area (TPSA) is 80.7 Å². The van der Waals surface area contributed by atoms with Crippen LogP contribution in [-0.4, -0.2) is 23.0 Å². The first kappa shape index (κ1) is 8.93. The van der Waals surface area contributed by atoms with Gasteiger partial charge in [-0.1, -0.05) is 6.08 Å². The molecule has 1 fully saturated rings. The summed E-state index contributed by atoms with van der Waals surface area (Å²) in [6.07, 6.45) is 2.04. The van der Waals surface area contributed by atoms with E-state index in [4.69, 9.17) is 5.11 Å². The van der Waals surface area contributed by atoms with Crippen LogP contribution in [0.3, 0.4) is 0 Å². The maximum Gasteiger partial charge on any atom is 0.331 e. The molecule has 0 saturated carbocycles. The highest BCUT2D eigenvalue weighted by Gasteiger charge is 2.45. The van der Waals surface area contributed by atoms with E-state index in [1.165, 1.54) is 6.08 Å². The third-order valence-corrected chi connectivity index (χ3v) is 2.59. The van der Waals surface area contributed by atoms with E-state index in [9.17, 15) is 14.4 Å². The van der Waals surface area contributed by atoms with Crippen LogP contribution in [0.4, 0.5) is 0 Å². The van der Waals surface area contributed by atoms with Crippen LogP contribution >= 0.6 is 0 Å². The van der Waals surface area contributed by atoms with E-state index in [2.05, 4.69) is 4.74 Å². The molecule has 0 amide bonds. The number of ether oxygens (including phenoxy) is 1. The van der Waals surface area contributed by atoms with Gasteiger partial charge in [-0.25, -0.2) is 4.79 Å². The summed E-state index contributed by atoms with van der Waals surface area (Å²) in [6, 6.07) is 0. The molecule has 0 spiro atoms. The fraction of sp³-hybridized carbons (Fsp3) is 0.444. The zero-order chi connectivity index (χ0) is 10.3. The molecule has 14 heavy (non-hydrogen) atoms. The smallest absolute Gasteiger partial charge is 0.331 e. The molecule has 2 atom stereocenters. The number of carbonyl (C=O) groups is 3. The van der Waals surface area contributed by atoms with Crippen LogP contribution in [-0.2, 0) is 19.1 Å². The van der Waals surface area contributed by atoms with Gasteiger partial charge in [-0.05, 0) is 12.8 Å². The lowest BCUT2D eigenvalue weighted by Gasteiger charge is -2.16. The molecule has 5 nitrogen and oxygen atoms in total. The lowest BCUT2D eigenvalue weighted by Crippen LogP contribution is -2.22. The van der Waals surface area contributed by atoms with Crippen LogP contribution in [0, 0.1) is 11.8 Å². The molecule has 1 aliphatic carbocycles. The number of fused-ring (bicyclic) bond motifs is 1. The molecule has 0 aromatic heterocycles. The van der Waals surface area contributed by atoms with Crippen molar-refractivity contribution in [2.75, 3.05) is 0 Å². The predicted octanol–water partition coefficient (Wildman–Crippen LogP) is 0.107. The minimum absolute atomic E-state index is 0.193. The van der Waals surface area contributed by atoms with Crippen LogP contribution in [0.25, 0.3) is 0 Å². The van der Waals surface area contributed by atoms with Crippen molar-refractivity contribution in [2.24, 2.45) is 11.8 Å². The molecule has 1 heterocycles. The summed E-state index contributed by atoms with van der Waals surface area (Å²) in [5.41, 5.74) is 0.193. The van der Waals surface area contributed by atoms with Gasteiger partial charge >= 0.3 is 17.9 Å². The van der Waals surface area contributed by atoms with Crippen molar-refractivity contribution < 1.29 is 24.2 Å². The Labute approximate surface area is 79.3 Å². The summed E-state index contributed by atoms with van der Waals surface area (Å²) in [5.74, 6) is -3.33. The van der Waals surface area contributed by atoms with Crippen molar-refractivity contribution >= 4 is 17.9 Å². The van der Waals surface area contributed by atoms with Gasteiger partial charge in [0.05, 0.1) is 11.8 Å². The van der Waals surface area contributed by atoms with Gasteiger partial charge in [-0.2, -0.15) is 0 Å². The molecule has 0 radical (unpaired) electrons. The monoisotopic (exact) mass is 196 g/mol. The van der Waals surface area contributed by atoms with E-state index < -0.39 is 29.7 Å². The molecule has 0 bridgehead atoms. The fourth-order valence-electron chi connectivity index (χ4n) is 1.82. The first-order chi connectivity index (χ1) is 6.59. The average Bonchev–Trinajstić information content (AvgIpc) is 2.42. The number of aliphatic carboxylic acids is 1. The van der Waals surface area contributed by atoms with Crippen LogP contribution in [0.5, 0.6) is 0 Å². The summed E-state index contributed by atoms with van der Waals surface area (Å²) in [5, 5.41) is 8.71. The minimum Gasteiger partial charge on any atom is -0.478 e. The minimum atomic E-state index is -1.03. The third kappa shape index (κ3) is 1.21. The van der Waals surface area contributed by atoms with Crippen LogP contribution in [0.15, 0.2) is 11.6 Å². The Morgan fingerprint density at radius 3 is 2.79 bits per heavy atom. The van der Waals surface area contributed by atoms with Gasteiger partial charge in [0.15, 0.2) is 0 Å². The molecule has 0 aromatic carbocycles. The van der Waals surface area contributed by atoms with E-state index in [1.807, 2.05) is 0 Å². The maximum atomic E-state index is 11.1. The molecule has 0 aromatic rings. The van der Waals surface area contributed by atoms with Crippen molar-refractivity contribution in [3.05, 3.63) is 11.6 Å². The number of esters is 2. The van der Waals surface area contributed by atoms with Crippen LogP contribution < -0.4 is 0 Å². The number of carboxylic acid groups (broad SMARTS) is 1. The van der Waals surface area contributed by atoms with Crippen molar-refractivity contribution in [3.63, 3.8) is 0 Å². The lowest BCUT2D eigenvalue weighted by molar-refractivity contribution is -0.153. The maximum absolute atomic E-state index is 11.1. The molecule has 2 aliphatic rings. The van der Waals surface area contributed by atoms with E-state index in [-0.39, 0.29) is 5.57 Å². The fourth-order valence-corrected chi connectivity index (χ4v) is 1.82. The second kappa shape index (κ2) is 2.94. The zero-order valence-electron chi connectivity index (χ0n) is 7.23. The van der Waals surface area contributed by atoms with Crippen molar-refractivity contribution in [1.82, 2.24) is 0 Å². The molecule has 1 N–H and O–H groups in total. The first-order valence-electron chi connectivity index (χ1n) is 4.29. The number of cyclic esters (lactones) is 2. The first-order valence-corrected chi connectivity index (χ1v) is 4.29. The number of hydrogen-bond acceptors (Lipinski definition) is 4. The Balaban J connectivity index is 2.30. The number of rotatable bonds is 1. The van der Waals surface area contributed by atoms with Crippen molar-refractivity contribution in [2.45, 2.75) is 12.8 Å². The molecular formula is C9H8O5. The average molecular weight is 196 g/mol. The Hall–Kier alpha value is -1.65. The van der Waals surface area contributed by atoms with Crippen molar-refractivity contribution in [3.8, 4) is 0 Å². The SMILES string of the molecule is O=C(O)C1=CC2C(=O)OC(=O)C2CC1. The molecule has 2 rings (SSSR count). The normalized spacial score (nSPS) is 30.7. The molecular weight excluding hydrogens is 188 g/mol. The second-order valence-corrected chi connectivity index (χ2v) is 3.41. The van der Waals surface area contributed by atoms with Gasteiger partial charge in [0.2, 0.25) is 0 Å². The molecule has 5 heteroatoms. The van der Waals surface area contributed by atoms with Gasteiger partial charge in [0.25, 0.3) is 0 Å². The quantitative estimate of drug-likeness (QED) is 0.475. The highest BCUT2D eigenvalue weighted by molar-refractivity contribution is 5.99. The van der Waals surface area contributed by atoms with Gasteiger partial charge in [0, 0.05) is 5.57 Å². The molecule has 1 aliphatic heterocycles. The van der Waals surface area contributed by atoms with Crippen LogP contribution in [0.1, 0.15) is 12.8 Å². The summed E-state index contributed by atoms with van der Waals surface area (Å²) >= 11 is 0. The van der Waals surface area contributed by atoms with Gasteiger partial charge in [-0.15, -0.1) is 0 Å². The number of carbonyl (C=O) groups excluding carboxylic acids is 2. The summed E-state index contributed by atoms with van der Waals surface area (Å²) in [7, 11) is 0. The standard InChI is InChI=1S/C9H8O5/c10-7(11)4-1-2-5-6(3-4)9(13)14-8(5)12/h3,5-6H,1-2H2,(H,10,11). The summed E-state index contributed by atoms with van der Waals surface area (Å²) < 4.78 is 4.42. The van der Waals surface area contributed by atoms with Crippen LogP contribution in [0.2, 0.25) is 0 Å². The lowest BCUT2D eigenvalue weighted by atomic mass is 9.82. The number of carboxylic acids is 1. The third-order valence-electron chi connectivity index (χ3n) is 2.59. The molecule has 74 valence electrons. The summed E-state index contributed by atoms with van der Waals surface area (Å²) in [6.45, 7) is 0. The summed E-state index contributed by atoms with van der Waals surface area (Å²) in [4.78, 5) is 32.8. The molecule has 2 unspecified atom stereocenters. The van der Waals surface area contributed by atoms with Gasteiger partial charge < -0.3 is 9.84 Å². The largest absolute Gasteiger partial charge is 0.478 e. The highest BCUT2D eigenvalue weighted by atomic mass is 16.6. The van der Waals surface area contributed by atoms with E-state index in [0.717, 1.165) is 0 Å². The highest BCUT2D eigenvalue weighted by Crippen LogP contribution is 2.35. The Kier molecular flexibility index (Phi) is 1.87. The van der Waals surface area contributed by atoms with Gasteiger partial charge in [0.1, 0.15) is 0 Å². The second-order valence-electron chi connectivity index (χ2n) is 3.41. The predicted molar refractivity (Wildman–Crippen MR) is 43.0 cm³/mol. The Morgan fingerprint density at radius 1 is 1.43 bits per heavy atom. The van der Waals surface area contributed by atoms with Gasteiger partial charge in [-0.3, -0.25) is 9.59 Å². The zero-order valence-corrected chi connectivity index (χ0v) is 7.23.